The molecule has 0 fully saturated rings. The van der Waals surface area contributed by atoms with Crippen molar-refractivity contribution in [3.8, 4) is 11.5 Å². The minimum atomic E-state index is 0.620. The van der Waals surface area contributed by atoms with Crippen LogP contribution in [0.1, 0.15) is 15.4 Å². The number of benzene rings is 1. The van der Waals surface area contributed by atoms with Crippen LogP contribution in [-0.4, -0.2) is 38.8 Å². The van der Waals surface area contributed by atoms with E-state index < -0.39 is 0 Å². The van der Waals surface area contributed by atoms with E-state index in [9.17, 15) is 0 Å². The highest BCUT2D eigenvalue weighted by Crippen LogP contribution is 2.36. The third-order valence-electron chi connectivity index (χ3n) is 3.48. The number of ether oxygens (including phenoxy) is 2. The van der Waals surface area contributed by atoms with E-state index in [0.717, 1.165) is 34.0 Å². The summed E-state index contributed by atoms with van der Waals surface area (Å²) in [5.41, 5.74) is 1.06. The molecule has 0 saturated heterocycles. The van der Waals surface area contributed by atoms with Crippen molar-refractivity contribution < 1.29 is 9.47 Å². The van der Waals surface area contributed by atoms with Crippen molar-refractivity contribution in [2.75, 3.05) is 27.8 Å². The van der Waals surface area contributed by atoms with E-state index in [1.165, 1.54) is 4.88 Å². The number of aromatic nitrogens is 1. The average molecular weight is 427 g/mol. The van der Waals surface area contributed by atoms with Crippen molar-refractivity contribution in [1.29, 1.82) is 0 Å². The van der Waals surface area contributed by atoms with Gasteiger partial charge in [0.15, 0.2) is 17.5 Å². The summed E-state index contributed by atoms with van der Waals surface area (Å²) in [5.74, 6) is 2.13. The summed E-state index contributed by atoms with van der Waals surface area (Å²) >= 11 is 5.23. The highest BCUT2D eigenvalue weighted by Gasteiger charge is 2.10. The molecule has 6 nitrogen and oxygen atoms in total. The number of methoxy groups -OCH3 is 2. The fraction of sp³-hybridized carbons (Fsp3) is 0.412. The minimum absolute atomic E-state index is 0.620. The van der Waals surface area contributed by atoms with Crippen LogP contribution < -0.4 is 20.1 Å². The van der Waals surface area contributed by atoms with Crippen LogP contribution >= 0.6 is 27.3 Å². The summed E-state index contributed by atoms with van der Waals surface area (Å²) in [5, 5.41) is 7.73. The maximum Gasteiger partial charge on any atom is 0.191 e. The van der Waals surface area contributed by atoms with Crippen molar-refractivity contribution in [2.24, 2.45) is 4.99 Å². The second kappa shape index (κ2) is 9.62. The fourth-order valence-corrected chi connectivity index (χ4v) is 3.72. The molecule has 1 aromatic carbocycles. The van der Waals surface area contributed by atoms with E-state index >= 15 is 0 Å². The molecule has 2 aromatic rings. The first-order valence-corrected chi connectivity index (χ1v) is 9.44. The van der Waals surface area contributed by atoms with Gasteiger partial charge >= 0.3 is 0 Å². The summed E-state index contributed by atoms with van der Waals surface area (Å²) in [4.78, 5) is 9.85. The Balaban J connectivity index is 1.89. The largest absolute Gasteiger partial charge is 0.493 e. The summed E-state index contributed by atoms with van der Waals surface area (Å²) < 4.78 is 11.6. The number of aryl methyl sites for hydroxylation is 1. The minimum Gasteiger partial charge on any atom is -0.493 e. The molecule has 2 rings (SSSR count). The van der Waals surface area contributed by atoms with Crippen LogP contribution in [0.15, 0.2) is 27.8 Å². The summed E-state index contributed by atoms with van der Waals surface area (Å²) in [6.45, 7) is 3.47. The van der Waals surface area contributed by atoms with E-state index in [1.54, 1.807) is 32.6 Å². The van der Waals surface area contributed by atoms with Crippen LogP contribution in [0.5, 0.6) is 11.5 Å². The van der Waals surface area contributed by atoms with Gasteiger partial charge in [0.1, 0.15) is 0 Å². The maximum atomic E-state index is 5.37. The van der Waals surface area contributed by atoms with Gasteiger partial charge in [-0.15, -0.1) is 11.3 Å². The lowest BCUT2D eigenvalue weighted by Gasteiger charge is -2.14. The van der Waals surface area contributed by atoms with Gasteiger partial charge in [0.05, 0.1) is 23.7 Å². The lowest BCUT2D eigenvalue weighted by atomic mass is 10.2. The zero-order valence-electron chi connectivity index (χ0n) is 14.9. The van der Waals surface area contributed by atoms with E-state index in [-0.39, 0.29) is 0 Å². The first kappa shape index (κ1) is 19.5. The Labute approximate surface area is 160 Å². The molecule has 0 amide bonds. The molecule has 0 aliphatic rings. The van der Waals surface area contributed by atoms with Gasteiger partial charge in [0, 0.05) is 37.6 Å². The molecule has 25 heavy (non-hydrogen) atoms. The number of halogens is 1. The molecule has 0 unspecified atom stereocenters. The van der Waals surface area contributed by atoms with Gasteiger partial charge in [-0.3, -0.25) is 4.99 Å². The number of nitrogens with zero attached hydrogens (tertiary/aromatic N) is 2. The molecule has 136 valence electrons. The number of aliphatic imine (C=N–C) groups is 1. The molecule has 1 aromatic heterocycles. The smallest absolute Gasteiger partial charge is 0.191 e. The fourth-order valence-electron chi connectivity index (χ4n) is 2.28. The molecule has 0 saturated carbocycles. The van der Waals surface area contributed by atoms with Gasteiger partial charge in [-0.25, -0.2) is 4.98 Å². The zero-order chi connectivity index (χ0) is 18.2. The molecular formula is C17H23BrN4O2S. The number of nitrogens with one attached hydrogen (secondary N) is 2. The maximum absolute atomic E-state index is 5.37. The van der Waals surface area contributed by atoms with Crippen LogP contribution in [0.25, 0.3) is 0 Å². The third-order valence-corrected chi connectivity index (χ3v) is 5.04. The first-order chi connectivity index (χ1) is 12.1. The van der Waals surface area contributed by atoms with Gasteiger partial charge in [0.25, 0.3) is 0 Å². The van der Waals surface area contributed by atoms with E-state index in [2.05, 4.69) is 43.5 Å². The average Bonchev–Trinajstić information content (AvgIpc) is 3.02. The zero-order valence-corrected chi connectivity index (χ0v) is 17.3. The lowest BCUT2D eigenvalue weighted by Crippen LogP contribution is -2.37. The van der Waals surface area contributed by atoms with Gasteiger partial charge < -0.3 is 20.1 Å². The van der Waals surface area contributed by atoms with Crippen molar-refractivity contribution in [2.45, 2.75) is 19.9 Å². The number of hydrogen-bond acceptors (Lipinski definition) is 5. The first-order valence-electron chi connectivity index (χ1n) is 7.83. The van der Waals surface area contributed by atoms with Crippen LogP contribution in [0.4, 0.5) is 0 Å². The molecule has 0 radical (unpaired) electrons. The van der Waals surface area contributed by atoms with Crippen molar-refractivity contribution in [3.05, 3.63) is 38.3 Å². The molecule has 1 heterocycles. The van der Waals surface area contributed by atoms with E-state index in [4.69, 9.17) is 9.47 Å². The third kappa shape index (κ3) is 5.61. The lowest BCUT2D eigenvalue weighted by molar-refractivity contribution is 0.352. The van der Waals surface area contributed by atoms with Gasteiger partial charge in [0.2, 0.25) is 0 Å². The Morgan fingerprint density at radius 3 is 2.68 bits per heavy atom. The quantitative estimate of drug-likeness (QED) is 0.525. The highest BCUT2D eigenvalue weighted by molar-refractivity contribution is 9.10. The Morgan fingerprint density at radius 1 is 1.28 bits per heavy atom. The molecule has 0 spiro atoms. The van der Waals surface area contributed by atoms with E-state index in [0.29, 0.717) is 18.0 Å². The van der Waals surface area contributed by atoms with E-state index in [1.807, 2.05) is 18.3 Å². The van der Waals surface area contributed by atoms with Crippen LogP contribution in [0, 0.1) is 6.92 Å². The predicted octanol–water partition coefficient (Wildman–Crippen LogP) is 3.14. The Kier molecular flexibility index (Phi) is 7.52. The van der Waals surface area contributed by atoms with Crippen molar-refractivity contribution in [3.63, 3.8) is 0 Å². The molecule has 2 N–H and O–H groups in total. The monoisotopic (exact) mass is 426 g/mol. The Hall–Kier alpha value is -1.80. The molecule has 0 bridgehead atoms. The van der Waals surface area contributed by atoms with Gasteiger partial charge in [-0.2, -0.15) is 0 Å². The Morgan fingerprint density at radius 2 is 2.08 bits per heavy atom. The molecule has 0 aliphatic carbocycles. The number of guanidine groups is 1. The topological polar surface area (TPSA) is 67.8 Å². The van der Waals surface area contributed by atoms with Crippen LogP contribution in [0.2, 0.25) is 0 Å². The van der Waals surface area contributed by atoms with Gasteiger partial charge in [-0.05, 0) is 40.5 Å². The molecule has 0 aliphatic heterocycles. The number of hydrogen-bond donors (Lipinski definition) is 2. The summed E-state index contributed by atoms with van der Waals surface area (Å²) in [7, 11) is 5.01. The predicted molar refractivity (Wildman–Crippen MR) is 106 cm³/mol. The Bertz CT molecular complexity index is 733. The second-order valence-electron chi connectivity index (χ2n) is 5.28. The molecule has 8 heteroatoms. The summed E-state index contributed by atoms with van der Waals surface area (Å²) in [6, 6.07) is 3.95. The highest BCUT2D eigenvalue weighted by atomic mass is 79.9. The van der Waals surface area contributed by atoms with Crippen molar-refractivity contribution in [1.82, 2.24) is 15.6 Å². The summed E-state index contributed by atoms with van der Waals surface area (Å²) in [6.07, 6.45) is 2.78. The number of rotatable bonds is 7. The number of thiazole rings is 1. The second-order valence-corrected chi connectivity index (χ2v) is 7.45. The van der Waals surface area contributed by atoms with Crippen molar-refractivity contribution >= 4 is 33.2 Å². The standard InChI is InChI=1S/C17H23BrN4O2S/c1-11-9-21-15(25-11)5-6-20-17(19-2)22-10-12-7-13(18)16(24-4)14(8-12)23-3/h7-9H,5-6,10H2,1-4H3,(H2,19,20,22). The molecule has 0 atom stereocenters. The normalized spacial score (nSPS) is 11.3. The van der Waals surface area contributed by atoms with Crippen LogP contribution in [0.3, 0.4) is 0 Å². The molecular weight excluding hydrogens is 404 g/mol. The van der Waals surface area contributed by atoms with Gasteiger partial charge in [-0.1, -0.05) is 0 Å². The SMILES string of the molecule is CN=C(NCCc1ncc(C)s1)NCc1cc(Br)c(OC)c(OC)c1. The van der Waals surface area contributed by atoms with Crippen LogP contribution in [-0.2, 0) is 13.0 Å².